The number of nitriles is 1. The lowest BCUT2D eigenvalue weighted by Gasteiger charge is -2.35. The highest BCUT2D eigenvalue weighted by Gasteiger charge is 2.50. The summed E-state index contributed by atoms with van der Waals surface area (Å²) in [7, 11) is 2.17. The molecule has 2 aromatic heterocycles. The molecule has 3 atom stereocenters. The minimum absolute atomic E-state index is 0.000224. The van der Waals surface area contributed by atoms with Crippen LogP contribution in [0.4, 0.5) is 11.5 Å². The number of nitrogens with zero attached hydrogens (tertiary/aromatic N) is 6. The number of likely N-dealkylation sites (tertiary alicyclic amines) is 1. The van der Waals surface area contributed by atoms with Gasteiger partial charge >= 0.3 is 0 Å². The summed E-state index contributed by atoms with van der Waals surface area (Å²) in [6, 6.07) is 8.71. The Balaban J connectivity index is 1.21. The third-order valence-corrected chi connectivity index (χ3v) is 10.9. The molecular formula is C33H40N8O2. The zero-order chi connectivity index (χ0) is 29.3. The van der Waals surface area contributed by atoms with Gasteiger partial charge in [-0.1, -0.05) is 11.2 Å². The zero-order valence-electron chi connectivity index (χ0n) is 25.2. The number of benzene rings is 1. The molecule has 0 amide bonds. The normalized spacial score (nSPS) is 26.3. The minimum Gasteiger partial charge on any atom is -0.473 e. The Morgan fingerprint density at radius 3 is 2.84 bits per heavy atom. The molecule has 0 bridgehead atoms. The van der Waals surface area contributed by atoms with Crippen LogP contribution in [0.3, 0.4) is 0 Å². The highest BCUT2D eigenvalue weighted by atomic mass is 16.5. The number of hydrogen-bond donors (Lipinski definition) is 2. The van der Waals surface area contributed by atoms with Crippen molar-refractivity contribution in [2.75, 3.05) is 43.9 Å². The van der Waals surface area contributed by atoms with Crippen molar-refractivity contribution in [1.29, 1.82) is 5.26 Å². The molecule has 0 unspecified atom stereocenters. The standard InChI is InChI=1S/C33H40N8O2/c1-20(25-6-4-15-40(25)2)42-27-17-26(41-16-14-36-32(19-41)12-13-32)37-31(38-27)29-22-5-3-10-33(30(22)43-39-29)11-9-21-7-8-24(35)23(18-34)28(21)33/h7-8,17,20,25,36H,3-6,9-16,19,35H2,1-2H3/t20-,25-,33-/m0/s1. The van der Waals surface area contributed by atoms with Crippen LogP contribution in [0.15, 0.2) is 22.7 Å². The second-order valence-electron chi connectivity index (χ2n) is 13.5. The van der Waals surface area contributed by atoms with Crippen molar-refractivity contribution < 1.29 is 9.26 Å². The summed E-state index contributed by atoms with van der Waals surface area (Å²) < 4.78 is 12.9. The average molecular weight is 581 g/mol. The maximum atomic E-state index is 10.1. The topological polar surface area (TPSA) is 129 Å². The molecule has 8 rings (SSSR count). The van der Waals surface area contributed by atoms with Crippen LogP contribution < -0.4 is 20.7 Å². The van der Waals surface area contributed by atoms with E-state index in [4.69, 9.17) is 25.0 Å². The summed E-state index contributed by atoms with van der Waals surface area (Å²) in [6.45, 7) is 5.99. The van der Waals surface area contributed by atoms with Gasteiger partial charge in [0.15, 0.2) is 17.3 Å². The van der Waals surface area contributed by atoms with Crippen LogP contribution in [0, 0.1) is 11.3 Å². The van der Waals surface area contributed by atoms with E-state index in [9.17, 15) is 5.26 Å². The van der Waals surface area contributed by atoms with Gasteiger partial charge in [-0.15, -0.1) is 0 Å². The van der Waals surface area contributed by atoms with Crippen molar-refractivity contribution in [3.8, 4) is 23.5 Å². The van der Waals surface area contributed by atoms with Crippen LogP contribution in [-0.2, 0) is 18.3 Å². The van der Waals surface area contributed by atoms with Crippen LogP contribution in [0.2, 0.25) is 0 Å². The molecule has 2 saturated heterocycles. The fourth-order valence-corrected chi connectivity index (χ4v) is 8.44. The Hall–Kier alpha value is -3.68. The third kappa shape index (κ3) is 4.31. The molecule has 5 aliphatic rings. The van der Waals surface area contributed by atoms with Crippen LogP contribution in [0.25, 0.3) is 11.5 Å². The molecule has 10 heteroatoms. The van der Waals surface area contributed by atoms with E-state index in [1.54, 1.807) is 0 Å². The Bertz CT molecular complexity index is 1620. The van der Waals surface area contributed by atoms with Crippen LogP contribution in [0.5, 0.6) is 5.88 Å². The number of nitrogens with two attached hydrogens (primary N) is 1. The van der Waals surface area contributed by atoms with E-state index in [0.717, 1.165) is 87.4 Å². The van der Waals surface area contributed by atoms with Gasteiger partial charge in [0.2, 0.25) is 5.88 Å². The first-order valence-electron chi connectivity index (χ1n) is 16.0. The quantitative estimate of drug-likeness (QED) is 0.428. The summed E-state index contributed by atoms with van der Waals surface area (Å²) in [5.41, 5.74) is 11.2. The molecule has 43 heavy (non-hydrogen) atoms. The van der Waals surface area contributed by atoms with Gasteiger partial charge in [0, 0.05) is 48.5 Å². The maximum absolute atomic E-state index is 10.1. The van der Waals surface area contributed by atoms with E-state index in [2.05, 4.69) is 46.4 Å². The van der Waals surface area contributed by atoms with Crippen LogP contribution in [0.1, 0.15) is 79.9 Å². The zero-order valence-corrected chi connectivity index (χ0v) is 25.2. The number of fused-ring (bicyclic) bond motifs is 4. The first-order valence-corrected chi connectivity index (χ1v) is 16.0. The number of nitrogens with one attached hydrogen (secondary N) is 1. The first-order chi connectivity index (χ1) is 20.9. The van der Waals surface area contributed by atoms with Crippen molar-refractivity contribution in [2.45, 2.75) is 87.8 Å². The molecule has 3 aliphatic carbocycles. The van der Waals surface area contributed by atoms with Gasteiger partial charge in [-0.2, -0.15) is 10.2 Å². The molecular weight excluding hydrogens is 540 g/mol. The number of nitrogen functional groups attached to an aromatic ring is 1. The van der Waals surface area contributed by atoms with Crippen LogP contribution >= 0.6 is 0 Å². The average Bonchev–Trinajstić information content (AvgIpc) is 3.33. The van der Waals surface area contributed by atoms with Gasteiger partial charge in [-0.25, -0.2) is 4.98 Å². The van der Waals surface area contributed by atoms with Gasteiger partial charge in [-0.05, 0) is 95.5 Å². The van der Waals surface area contributed by atoms with Gasteiger partial charge in [-0.3, -0.25) is 4.90 Å². The summed E-state index contributed by atoms with van der Waals surface area (Å²) in [6.07, 6.45) is 9.19. The van der Waals surface area contributed by atoms with E-state index in [0.29, 0.717) is 34.7 Å². The summed E-state index contributed by atoms with van der Waals surface area (Å²) in [5, 5.41) is 18.5. The SMILES string of the molecule is C[C@H](Oc1cc(N2CCNC3(CC3)C2)nc(-c2noc3c2CCC[C@@]32CCc3ccc(N)c(C#N)c32)n1)[C@@H]1CCCN1C. The van der Waals surface area contributed by atoms with Gasteiger partial charge < -0.3 is 25.2 Å². The van der Waals surface area contributed by atoms with E-state index in [1.807, 2.05) is 12.1 Å². The highest BCUT2D eigenvalue weighted by molar-refractivity contribution is 5.68. The van der Waals surface area contributed by atoms with E-state index in [1.165, 1.54) is 24.8 Å². The number of aryl methyl sites for hydroxylation is 1. The number of hydrogen-bond acceptors (Lipinski definition) is 10. The predicted octanol–water partition coefficient (Wildman–Crippen LogP) is 3.96. The van der Waals surface area contributed by atoms with Crippen molar-refractivity contribution in [3.63, 3.8) is 0 Å². The lowest BCUT2D eigenvalue weighted by molar-refractivity contribution is 0.117. The number of ether oxygens (including phenoxy) is 1. The van der Waals surface area contributed by atoms with Crippen LogP contribution in [-0.4, -0.2) is 70.9 Å². The highest BCUT2D eigenvalue weighted by Crippen LogP contribution is 2.54. The van der Waals surface area contributed by atoms with Crippen molar-refractivity contribution >= 4 is 11.5 Å². The number of piperazine rings is 1. The molecule has 2 aliphatic heterocycles. The Morgan fingerprint density at radius 2 is 2.05 bits per heavy atom. The van der Waals surface area contributed by atoms with Gasteiger partial charge in [0.25, 0.3) is 0 Å². The Kier molecular flexibility index (Phi) is 6.21. The molecule has 0 radical (unpaired) electrons. The lowest BCUT2D eigenvalue weighted by atomic mass is 9.68. The Labute approximate surface area is 252 Å². The summed E-state index contributed by atoms with van der Waals surface area (Å²) >= 11 is 0. The third-order valence-electron chi connectivity index (χ3n) is 10.9. The predicted molar refractivity (Wildman–Crippen MR) is 163 cm³/mol. The molecule has 3 fully saturated rings. The van der Waals surface area contributed by atoms with Crippen molar-refractivity contribution in [2.24, 2.45) is 0 Å². The maximum Gasteiger partial charge on any atom is 0.219 e. The Morgan fingerprint density at radius 1 is 1.16 bits per heavy atom. The van der Waals surface area contributed by atoms with E-state index in [-0.39, 0.29) is 11.6 Å². The second-order valence-corrected chi connectivity index (χ2v) is 13.5. The monoisotopic (exact) mass is 580 g/mol. The fourth-order valence-electron chi connectivity index (χ4n) is 8.44. The van der Waals surface area contributed by atoms with Crippen molar-refractivity contribution in [3.05, 3.63) is 46.2 Å². The molecule has 224 valence electrons. The first kappa shape index (κ1) is 26.9. The molecule has 1 aromatic carbocycles. The molecule has 2 spiro atoms. The van der Waals surface area contributed by atoms with Crippen molar-refractivity contribution in [1.82, 2.24) is 25.3 Å². The minimum atomic E-state index is -0.399. The van der Waals surface area contributed by atoms with Gasteiger partial charge in [0.1, 0.15) is 18.0 Å². The van der Waals surface area contributed by atoms with E-state index >= 15 is 0 Å². The second kappa shape index (κ2) is 9.93. The molecule has 3 aromatic rings. The number of aromatic nitrogens is 3. The molecule has 1 saturated carbocycles. The fraction of sp³-hybridized carbons (Fsp3) is 0.576. The smallest absolute Gasteiger partial charge is 0.219 e. The summed E-state index contributed by atoms with van der Waals surface area (Å²) in [4.78, 5) is 14.9. The molecule has 3 N–H and O–H groups in total. The van der Waals surface area contributed by atoms with Gasteiger partial charge in [0.05, 0.1) is 11.0 Å². The largest absolute Gasteiger partial charge is 0.473 e. The number of anilines is 2. The molecule has 10 nitrogen and oxygen atoms in total. The number of likely N-dealkylation sites (N-methyl/N-ethyl adjacent to an activating group) is 1. The number of rotatable bonds is 5. The van der Waals surface area contributed by atoms with E-state index < -0.39 is 5.41 Å². The summed E-state index contributed by atoms with van der Waals surface area (Å²) in [5.74, 6) is 2.87. The molecule has 4 heterocycles. The lowest BCUT2D eigenvalue weighted by Crippen LogP contribution is -2.52.